The normalized spacial score (nSPS) is 10.8. The van der Waals surface area contributed by atoms with Gasteiger partial charge in [0.1, 0.15) is 33.4 Å². The molecule has 0 aliphatic heterocycles. The fourth-order valence-electron chi connectivity index (χ4n) is 2.79. The van der Waals surface area contributed by atoms with Crippen LogP contribution in [0.25, 0.3) is 10.2 Å². The van der Waals surface area contributed by atoms with Crippen LogP contribution >= 0.6 is 22.9 Å². The highest BCUT2D eigenvalue weighted by Crippen LogP contribution is 2.37. The molecule has 0 bridgehead atoms. The van der Waals surface area contributed by atoms with E-state index in [0.29, 0.717) is 38.0 Å². The number of methoxy groups -OCH3 is 1. The lowest BCUT2D eigenvalue weighted by molar-refractivity contribution is 0.103. The molecule has 4 aromatic rings. The number of anilines is 4. The number of carbonyl (C=O) groups excluding carboxylic acids is 1. The Labute approximate surface area is 179 Å². The van der Waals surface area contributed by atoms with Gasteiger partial charge < -0.3 is 21.1 Å². The highest BCUT2D eigenvalue weighted by Gasteiger charge is 2.20. The quantitative estimate of drug-likeness (QED) is 0.398. The summed E-state index contributed by atoms with van der Waals surface area (Å²) in [5, 5.41) is 6.33. The van der Waals surface area contributed by atoms with Crippen LogP contribution in [0.2, 0.25) is 5.02 Å². The van der Waals surface area contributed by atoms with Gasteiger partial charge in [-0.2, -0.15) is 0 Å². The fourth-order valence-corrected chi connectivity index (χ4v) is 3.93. The predicted molar refractivity (Wildman–Crippen MR) is 117 cm³/mol. The number of aromatic nitrogens is 2. The van der Waals surface area contributed by atoms with Crippen molar-refractivity contribution in [3.05, 3.63) is 64.5 Å². The first-order valence-corrected chi connectivity index (χ1v) is 9.86. The number of thiophene rings is 1. The number of hydrogen-bond acceptors (Lipinski definition) is 7. The zero-order chi connectivity index (χ0) is 21.3. The Morgan fingerprint density at radius 3 is 2.60 bits per heavy atom. The van der Waals surface area contributed by atoms with Gasteiger partial charge in [0.15, 0.2) is 0 Å². The average molecular weight is 444 g/mol. The lowest BCUT2D eigenvalue weighted by atomic mass is 10.2. The summed E-state index contributed by atoms with van der Waals surface area (Å²) >= 11 is 6.99. The van der Waals surface area contributed by atoms with Crippen LogP contribution in [-0.2, 0) is 0 Å². The maximum absolute atomic E-state index is 13.4. The first kappa shape index (κ1) is 19.9. The van der Waals surface area contributed by atoms with E-state index in [1.54, 1.807) is 31.4 Å². The molecular weight excluding hydrogens is 429 g/mol. The smallest absolute Gasteiger partial charge is 0.267 e. The van der Waals surface area contributed by atoms with Crippen LogP contribution < -0.4 is 21.1 Å². The molecule has 0 saturated carbocycles. The van der Waals surface area contributed by atoms with Gasteiger partial charge in [0, 0.05) is 11.4 Å². The number of nitrogens with zero attached hydrogens (tertiary/aromatic N) is 2. The molecule has 0 aliphatic carbocycles. The maximum Gasteiger partial charge on any atom is 0.267 e. The summed E-state index contributed by atoms with van der Waals surface area (Å²) in [5.41, 5.74) is 7.64. The van der Waals surface area contributed by atoms with Crippen molar-refractivity contribution in [3.63, 3.8) is 0 Å². The van der Waals surface area contributed by atoms with Crippen LogP contribution in [0, 0.1) is 5.82 Å². The monoisotopic (exact) mass is 443 g/mol. The zero-order valence-electron chi connectivity index (χ0n) is 15.6. The molecule has 0 saturated heterocycles. The van der Waals surface area contributed by atoms with E-state index < -0.39 is 5.82 Å². The van der Waals surface area contributed by atoms with Crippen molar-refractivity contribution in [1.82, 2.24) is 9.97 Å². The molecular formula is C20H15ClFN5O2S. The third-order valence-electron chi connectivity index (χ3n) is 4.26. The summed E-state index contributed by atoms with van der Waals surface area (Å²) in [6, 6.07) is 11.1. The molecule has 1 amide bonds. The number of carbonyl (C=O) groups is 1. The van der Waals surface area contributed by atoms with Crippen LogP contribution in [0.15, 0.2) is 48.8 Å². The van der Waals surface area contributed by atoms with Gasteiger partial charge in [-0.25, -0.2) is 14.4 Å². The number of hydrogen-bond donors (Lipinski definition) is 3. The molecule has 0 unspecified atom stereocenters. The third kappa shape index (κ3) is 3.85. The predicted octanol–water partition coefficient (Wildman–Crippen LogP) is 5.07. The minimum Gasteiger partial charge on any atom is -0.497 e. The van der Waals surface area contributed by atoms with Gasteiger partial charge in [0.05, 0.1) is 23.2 Å². The largest absolute Gasteiger partial charge is 0.497 e. The number of fused-ring (bicyclic) bond motifs is 1. The van der Waals surface area contributed by atoms with Crippen LogP contribution in [0.5, 0.6) is 5.75 Å². The fraction of sp³-hybridized carbons (Fsp3) is 0.0500. The standard InChI is InChI=1S/C20H15ClFN5O2S/c1-29-12-5-2-10(3-6-12)27-19(28)17-16(23)15-18(24-9-25-20(15)30-17)26-11-4-7-14(22)13(21)8-11/h2-9H,23H2,1H3,(H,27,28)(H,24,25,26). The van der Waals surface area contributed by atoms with Crippen LogP contribution in [0.1, 0.15) is 9.67 Å². The molecule has 152 valence electrons. The Bertz CT molecular complexity index is 1250. The molecule has 4 N–H and O–H groups in total. The molecule has 2 aromatic carbocycles. The zero-order valence-corrected chi connectivity index (χ0v) is 17.1. The van der Waals surface area contributed by atoms with E-state index >= 15 is 0 Å². The van der Waals surface area contributed by atoms with Crippen molar-refractivity contribution in [1.29, 1.82) is 0 Å². The second kappa shape index (κ2) is 8.13. The van der Waals surface area contributed by atoms with Crippen molar-refractivity contribution in [2.45, 2.75) is 0 Å². The molecule has 30 heavy (non-hydrogen) atoms. The van der Waals surface area contributed by atoms with E-state index in [1.165, 1.54) is 24.5 Å². The lowest BCUT2D eigenvalue weighted by Gasteiger charge is -2.08. The van der Waals surface area contributed by atoms with Crippen molar-refractivity contribution < 1.29 is 13.9 Å². The molecule has 10 heteroatoms. The van der Waals surface area contributed by atoms with Gasteiger partial charge in [0.25, 0.3) is 5.91 Å². The Morgan fingerprint density at radius 1 is 1.17 bits per heavy atom. The average Bonchev–Trinajstić information content (AvgIpc) is 3.09. The molecule has 0 aliphatic rings. The van der Waals surface area contributed by atoms with E-state index in [4.69, 9.17) is 22.1 Å². The number of nitrogen functional groups attached to an aromatic ring is 1. The van der Waals surface area contributed by atoms with Gasteiger partial charge in [-0.05, 0) is 42.5 Å². The lowest BCUT2D eigenvalue weighted by Crippen LogP contribution is -2.12. The molecule has 2 heterocycles. The van der Waals surface area contributed by atoms with Gasteiger partial charge in [-0.3, -0.25) is 4.79 Å². The van der Waals surface area contributed by atoms with E-state index in [2.05, 4.69) is 20.6 Å². The number of amides is 1. The van der Waals surface area contributed by atoms with Gasteiger partial charge >= 0.3 is 0 Å². The van der Waals surface area contributed by atoms with E-state index in [0.717, 1.165) is 11.3 Å². The number of nitrogens with one attached hydrogen (secondary N) is 2. The van der Waals surface area contributed by atoms with Gasteiger partial charge in [0.2, 0.25) is 0 Å². The molecule has 7 nitrogen and oxygen atoms in total. The minimum absolute atomic E-state index is 0.0249. The summed E-state index contributed by atoms with van der Waals surface area (Å²) in [6.07, 6.45) is 1.36. The van der Waals surface area contributed by atoms with Crippen LogP contribution in [-0.4, -0.2) is 23.0 Å². The molecule has 2 aromatic heterocycles. The Kier molecular flexibility index (Phi) is 5.39. The molecule has 0 radical (unpaired) electrons. The van der Waals surface area contributed by atoms with Crippen LogP contribution in [0.3, 0.4) is 0 Å². The topological polar surface area (TPSA) is 102 Å². The SMILES string of the molecule is COc1ccc(NC(=O)c2sc3ncnc(Nc4ccc(F)c(Cl)c4)c3c2N)cc1. The van der Waals surface area contributed by atoms with E-state index in [-0.39, 0.29) is 16.6 Å². The second-order valence-electron chi connectivity index (χ2n) is 6.18. The molecule has 0 fully saturated rings. The number of benzene rings is 2. The minimum atomic E-state index is -0.525. The molecule has 0 atom stereocenters. The number of ether oxygens (including phenoxy) is 1. The first-order valence-electron chi connectivity index (χ1n) is 8.66. The first-order chi connectivity index (χ1) is 14.5. The van der Waals surface area contributed by atoms with Crippen molar-refractivity contribution in [3.8, 4) is 5.75 Å². The summed E-state index contributed by atoms with van der Waals surface area (Å²) < 4.78 is 18.5. The van der Waals surface area contributed by atoms with Gasteiger partial charge in [-0.1, -0.05) is 11.6 Å². The molecule has 4 rings (SSSR count). The Balaban J connectivity index is 1.65. The Hall–Kier alpha value is -3.43. The van der Waals surface area contributed by atoms with Crippen molar-refractivity contribution in [2.75, 3.05) is 23.5 Å². The highest BCUT2D eigenvalue weighted by molar-refractivity contribution is 7.21. The highest BCUT2D eigenvalue weighted by atomic mass is 35.5. The number of nitrogens with two attached hydrogens (primary N) is 1. The molecule has 0 spiro atoms. The summed E-state index contributed by atoms with van der Waals surface area (Å²) in [7, 11) is 1.57. The van der Waals surface area contributed by atoms with Crippen molar-refractivity contribution in [2.24, 2.45) is 0 Å². The van der Waals surface area contributed by atoms with Gasteiger partial charge in [-0.15, -0.1) is 11.3 Å². The van der Waals surface area contributed by atoms with Crippen molar-refractivity contribution >= 4 is 61.9 Å². The summed E-state index contributed by atoms with van der Waals surface area (Å²) in [4.78, 5) is 22.0. The third-order valence-corrected chi connectivity index (χ3v) is 5.66. The van der Waals surface area contributed by atoms with E-state index in [9.17, 15) is 9.18 Å². The number of rotatable bonds is 5. The summed E-state index contributed by atoms with van der Waals surface area (Å²) in [6.45, 7) is 0. The van der Waals surface area contributed by atoms with E-state index in [1.807, 2.05) is 0 Å². The number of halogens is 2. The second-order valence-corrected chi connectivity index (χ2v) is 7.59. The van der Waals surface area contributed by atoms with Crippen LogP contribution in [0.4, 0.5) is 27.3 Å². The summed E-state index contributed by atoms with van der Waals surface area (Å²) in [5.74, 6) is 0.181. The maximum atomic E-state index is 13.4. The Morgan fingerprint density at radius 2 is 1.90 bits per heavy atom.